The summed E-state index contributed by atoms with van der Waals surface area (Å²) in [4.78, 5) is 2.15. The van der Waals surface area contributed by atoms with Gasteiger partial charge in [0.15, 0.2) is 11.5 Å². The van der Waals surface area contributed by atoms with Gasteiger partial charge in [0, 0.05) is 19.5 Å². The quantitative estimate of drug-likeness (QED) is 0.901. The van der Waals surface area contributed by atoms with E-state index >= 15 is 0 Å². The summed E-state index contributed by atoms with van der Waals surface area (Å²) >= 11 is 6.25. The van der Waals surface area contributed by atoms with E-state index in [9.17, 15) is 0 Å². The lowest BCUT2D eigenvalue weighted by molar-refractivity contribution is 0.196. The molecule has 1 N–H and O–H groups in total. The number of rotatable bonds is 5. The Balaban J connectivity index is 2.18. The zero-order valence-electron chi connectivity index (χ0n) is 11.2. The van der Waals surface area contributed by atoms with Crippen molar-refractivity contribution in [1.29, 1.82) is 0 Å². The third-order valence-electron chi connectivity index (χ3n) is 3.13. The number of nitrogens with zero attached hydrogens (tertiary/aromatic N) is 1. The molecule has 0 saturated heterocycles. The first kappa shape index (κ1) is 14.4. The monoisotopic (exact) mass is 285 g/mol. The first-order valence-electron chi connectivity index (χ1n) is 6.65. The van der Waals surface area contributed by atoms with Crippen LogP contribution in [-0.2, 0) is 6.54 Å². The minimum atomic E-state index is 0.159. The maximum absolute atomic E-state index is 9.02. The van der Waals surface area contributed by atoms with Crippen molar-refractivity contribution in [3.63, 3.8) is 0 Å². The molecule has 4 nitrogen and oxygen atoms in total. The summed E-state index contributed by atoms with van der Waals surface area (Å²) in [5.41, 5.74) is 1.07. The molecule has 0 bridgehead atoms. The summed E-state index contributed by atoms with van der Waals surface area (Å²) in [5, 5.41) is 9.61. The molecule has 1 heterocycles. The summed E-state index contributed by atoms with van der Waals surface area (Å²) in [6.07, 6.45) is 0.867. The van der Waals surface area contributed by atoms with Crippen molar-refractivity contribution in [2.45, 2.75) is 19.9 Å². The molecule has 0 fully saturated rings. The molecule has 106 valence electrons. The van der Waals surface area contributed by atoms with Crippen LogP contribution >= 0.6 is 11.6 Å². The number of hydrogen-bond acceptors (Lipinski definition) is 4. The van der Waals surface area contributed by atoms with E-state index in [-0.39, 0.29) is 6.61 Å². The number of ether oxygens (including phenoxy) is 2. The highest BCUT2D eigenvalue weighted by Crippen LogP contribution is 2.38. The van der Waals surface area contributed by atoms with Gasteiger partial charge >= 0.3 is 0 Å². The average molecular weight is 286 g/mol. The van der Waals surface area contributed by atoms with E-state index in [4.69, 9.17) is 26.2 Å². The molecular weight excluding hydrogens is 266 g/mol. The molecule has 2 rings (SSSR count). The summed E-state index contributed by atoms with van der Waals surface area (Å²) in [6.45, 7) is 5.80. The molecule has 19 heavy (non-hydrogen) atoms. The van der Waals surface area contributed by atoms with Crippen molar-refractivity contribution in [2.75, 3.05) is 32.9 Å². The molecular formula is C14H20ClNO3. The molecule has 0 saturated carbocycles. The van der Waals surface area contributed by atoms with Crippen LogP contribution in [0.1, 0.15) is 18.9 Å². The standard InChI is InChI=1S/C14H20ClNO3/c1-2-16(4-5-17)10-11-8-12(15)14-13(9-11)18-6-3-7-19-14/h8-9,17H,2-7,10H2,1H3. The first-order chi connectivity index (χ1) is 9.24. The molecule has 0 amide bonds. The maximum atomic E-state index is 9.02. The fourth-order valence-electron chi connectivity index (χ4n) is 2.12. The molecule has 0 unspecified atom stereocenters. The van der Waals surface area contributed by atoms with Gasteiger partial charge in [-0.25, -0.2) is 0 Å². The summed E-state index contributed by atoms with van der Waals surface area (Å²) in [6, 6.07) is 3.89. The van der Waals surface area contributed by atoms with Crippen LogP contribution in [0, 0.1) is 0 Å². The van der Waals surface area contributed by atoms with E-state index in [1.165, 1.54) is 0 Å². The lowest BCUT2D eigenvalue weighted by Gasteiger charge is -2.20. The highest BCUT2D eigenvalue weighted by Gasteiger charge is 2.16. The Hall–Kier alpha value is -0.970. The van der Waals surface area contributed by atoms with Crippen molar-refractivity contribution in [3.8, 4) is 11.5 Å². The van der Waals surface area contributed by atoms with Crippen LogP contribution in [-0.4, -0.2) is 42.9 Å². The van der Waals surface area contributed by atoms with E-state index in [2.05, 4.69) is 11.8 Å². The van der Waals surface area contributed by atoms with Gasteiger partial charge in [-0.15, -0.1) is 0 Å². The predicted molar refractivity (Wildman–Crippen MR) is 75.1 cm³/mol. The summed E-state index contributed by atoms with van der Waals surface area (Å²) < 4.78 is 11.3. The van der Waals surface area contributed by atoms with Gasteiger partial charge in [0.2, 0.25) is 0 Å². The van der Waals surface area contributed by atoms with Gasteiger partial charge in [0.1, 0.15) is 0 Å². The van der Waals surface area contributed by atoms with E-state index in [1.807, 2.05) is 12.1 Å². The predicted octanol–water partition coefficient (Wildman–Crippen LogP) is 2.32. The third-order valence-corrected chi connectivity index (χ3v) is 3.41. The van der Waals surface area contributed by atoms with Crippen molar-refractivity contribution in [3.05, 3.63) is 22.7 Å². The fraction of sp³-hybridized carbons (Fsp3) is 0.571. The molecule has 1 aromatic carbocycles. The number of aliphatic hydroxyl groups excluding tert-OH is 1. The molecule has 1 aromatic rings. The maximum Gasteiger partial charge on any atom is 0.179 e. The van der Waals surface area contributed by atoms with Gasteiger partial charge in [-0.1, -0.05) is 18.5 Å². The lowest BCUT2D eigenvalue weighted by atomic mass is 10.2. The second kappa shape index (κ2) is 6.98. The lowest BCUT2D eigenvalue weighted by Crippen LogP contribution is -2.26. The topological polar surface area (TPSA) is 41.9 Å². The van der Waals surface area contributed by atoms with E-state index in [0.717, 1.165) is 30.8 Å². The zero-order valence-corrected chi connectivity index (χ0v) is 11.9. The summed E-state index contributed by atoms with van der Waals surface area (Å²) in [7, 11) is 0. The number of benzene rings is 1. The Morgan fingerprint density at radius 3 is 2.84 bits per heavy atom. The largest absolute Gasteiger partial charge is 0.489 e. The SMILES string of the molecule is CCN(CCO)Cc1cc(Cl)c2c(c1)OCCCO2. The summed E-state index contributed by atoms with van der Waals surface area (Å²) in [5.74, 6) is 1.37. The first-order valence-corrected chi connectivity index (χ1v) is 7.03. The van der Waals surface area contributed by atoms with Gasteiger partial charge in [-0.2, -0.15) is 0 Å². The number of aliphatic hydroxyl groups is 1. The molecule has 0 aromatic heterocycles. The molecule has 0 radical (unpaired) electrons. The minimum absolute atomic E-state index is 0.159. The Morgan fingerprint density at radius 1 is 1.32 bits per heavy atom. The second-order valence-electron chi connectivity index (χ2n) is 4.55. The van der Waals surface area contributed by atoms with Crippen LogP contribution < -0.4 is 9.47 Å². The van der Waals surface area contributed by atoms with Gasteiger partial charge in [-0.05, 0) is 24.2 Å². The van der Waals surface area contributed by atoms with Crippen molar-refractivity contribution >= 4 is 11.6 Å². The van der Waals surface area contributed by atoms with Crippen LogP contribution in [0.3, 0.4) is 0 Å². The van der Waals surface area contributed by atoms with Crippen molar-refractivity contribution in [1.82, 2.24) is 4.90 Å². The Bertz CT molecular complexity index is 425. The van der Waals surface area contributed by atoms with Crippen LogP contribution in [0.25, 0.3) is 0 Å². The smallest absolute Gasteiger partial charge is 0.179 e. The van der Waals surface area contributed by atoms with Crippen LogP contribution in [0.5, 0.6) is 11.5 Å². The highest BCUT2D eigenvalue weighted by atomic mass is 35.5. The Kier molecular flexibility index (Phi) is 5.31. The van der Waals surface area contributed by atoms with Crippen LogP contribution in [0.4, 0.5) is 0 Å². The van der Waals surface area contributed by atoms with E-state index < -0.39 is 0 Å². The third kappa shape index (κ3) is 3.75. The number of fused-ring (bicyclic) bond motifs is 1. The number of halogens is 1. The average Bonchev–Trinajstić information content (AvgIpc) is 2.64. The Morgan fingerprint density at radius 2 is 2.11 bits per heavy atom. The number of likely N-dealkylation sites (N-methyl/N-ethyl adjacent to an activating group) is 1. The van der Waals surface area contributed by atoms with Gasteiger partial charge in [0.25, 0.3) is 0 Å². The van der Waals surface area contributed by atoms with Crippen LogP contribution in [0.2, 0.25) is 5.02 Å². The molecule has 0 aliphatic carbocycles. The van der Waals surface area contributed by atoms with Gasteiger partial charge < -0.3 is 14.6 Å². The van der Waals surface area contributed by atoms with E-state index in [0.29, 0.717) is 30.5 Å². The van der Waals surface area contributed by atoms with Gasteiger partial charge in [-0.3, -0.25) is 4.90 Å². The van der Waals surface area contributed by atoms with Crippen molar-refractivity contribution in [2.24, 2.45) is 0 Å². The normalized spacial score (nSPS) is 14.5. The minimum Gasteiger partial charge on any atom is -0.489 e. The fourth-order valence-corrected chi connectivity index (χ4v) is 2.41. The van der Waals surface area contributed by atoms with E-state index in [1.54, 1.807) is 0 Å². The number of hydrogen-bond donors (Lipinski definition) is 1. The Labute approximate surface area is 118 Å². The second-order valence-corrected chi connectivity index (χ2v) is 4.95. The molecule has 0 spiro atoms. The molecule has 0 atom stereocenters. The van der Waals surface area contributed by atoms with Crippen molar-refractivity contribution < 1.29 is 14.6 Å². The molecule has 1 aliphatic rings. The molecule has 5 heteroatoms. The van der Waals surface area contributed by atoms with Crippen LogP contribution in [0.15, 0.2) is 12.1 Å². The van der Waals surface area contributed by atoms with Gasteiger partial charge in [0.05, 0.1) is 24.8 Å². The highest BCUT2D eigenvalue weighted by molar-refractivity contribution is 6.32. The molecule has 1 aliphatic heterocycles. The zero-order chi connectivity index (χ0) is 13.7.